The zero-order valence-corrected chi connectivity index (χ0v) is 19.5. The van der Waals surface area contributed by atoms with Crippen molar-refractivity contribution >= 4 is 25.3 Å². The van der Waals surface area contributed by atoms with Crippen molar-refractivity contribution in [3.63, 3.8) is 0 Å². The van der Waals surface area contributed by atoms with E-state index in [4.69, 9.17) is 19.2 Å². The highest BCUT2D eigenvalue weighted by molar-refractivity contribution is 6.56. The standard InChI is InChI=1S/C24H28BNO8/c1-23(2)24(3,4)34-25(33-23)17(12-18-19(27)10-16(21(29)30)11-20(18)28)13-26-22(31)32-14-15-8-6-5-7-9-15/h5-12,27-28H,13-14H2,1-4H3,(H,26,31)(H,29,30). The van der Waals surface area contributed by atoms with Crippen LogP contribution in [0.15, 0.2) is 47.9 Å². The molecule has 2 aromatic carbocycles. The van der Waals surface area contributed by atoms with Gasteiger partial charge in [-0.2, -0.15) is 0 Å². The van der Waals surface area contributed by atoms with Crippen LogP contribution in [-0.2, 0) is 20.7 Å². The Kier molecular flexibility index (Phi) is 7.23. The van der Waals surface area contributed by atoms with Gasteiger partial charge in [0.05, 0.1) is 22.3 Å². The van der Waals surface area contributed by atoms with Crippen LogP contribution in [0, 0.1) is 0 Å². The first-order valence-electron chi connectivity index (χ1n) is 10.7. The van der Waals surface area contributed by atoms with Gasteiger partial charge in [-0.25, -0.2) is 9.59 Å². The highest BCUT2D eigenvalue weighted by Gasteiger charge is 2.52. The number of amides is 1. The molecule has 3 rings (SSSR count). The van der Waals surface area contributed by atoms with Gasteiger partial charge in [0.1, 0.15) is 18.1 Å². The summed E-state index contributed by atoms with van der Waals surface area (Å²) in [7, 11) is -0.905. The Bertz CT molecular complexity index is 1060. The van der Waals surface area contributed by atoms with Crippen molar-refractivity contribution < 1.29 is 39.0 Å². The van der Waals surface area contributed by atoms with Crippen molar-refractivity contribution in [2.45, 2.75) is 45.5 Å². The summed E-state index contributed by atoms with van der Waals surface area (Å²) < 4.78 is 17.4. The number of rotatable bonds is 7. The van der Waals surface area contributed by atoms with E-state index in [0.717, 1.165) is 17.7 Å². The predicted octanol–water partition coefficient (Wildman–Crippen LogP) is 3.74. The molecule has 0 aliphatic carbocycles. The molecule has 34 heavy (non-hydrogen) atoms. The van der Waals surface area contributed by atoms with Crippen LogP contribution < -0.4 is 5.32 Å². The first-order valence-corrected chi connectivity index (χ1v) is 10.7. The molecule has 1 aliphatic rings. The molecule has 9 nitrogen and oxygen atoms in total. The molecule has 10 heteroatoms. The molecule has 0 radical (unpaired) electrons. The first-order chi connectivity index (χ1) is 15.9. The lowest BCUT2D eigenvalue weighted by Gasteiger charge is -2.32. The number of carboxylic acids is 1. The number of carboxylic acid groups (broad SMARTS) is 1. The third-order valence-corrected chi connectivity index (χ3v) is 5.92. The summed E-state index contributed by atoms with van der Waals surface area (Å²) in [5, 5.41) is 32.4. The fourth-order valence-electron chi connectivity index (χ4n) is 3.22. The Hall–Kier alpha value is -3.50. The number of alkyl carbamates (subject to hydrolysis) is 1. The second-order valence-corrected chi connectivity index (χ2v) is 8.96. The molecule has 0 aromatic heterocycles. The minimum atomic E-state index is -1.30. The van der Waals surface area contributed by atoms with Gasteiger partial charge in [-0.3, -0.25) is 0 Å². The average molecular weight is 469 g/mol. The fourth-order valence-corrected chi connectivity index (χ4v) is 3.22. The summed E-state index contributed by atoms with van der Waals surface area (Å²) in [4.78, 5) is 23.5. The fraction of sp³-hybridized carbons (Fsp3) is 0.333. The second-order valence-electron chi connectivity index (χ2n) is 8.96. The van der Waals surface area contributed by atoms with Crippen LogP contribution in [0.3, 0.4) is 0 Å². The Labute approximate surface area is 198 Å². The molecule has 0 saturated carbocycles. The second kappa shape index (κ2) is 9.78. The van der Waals surface area contributed by atoms with Crippen molar-refractivity contribution in [2.24, 2.45) is 0 Å². The number of aromatic hydroxyl groups is 2. The van der Waals surface area contributed by atoms with Gasteiger partial charge < -0.3 is 34.7 Å². The molecule has 1 heterocycles. The Balaban J connectivity index is 1.83. The maximum atomic E-state index is 12.3. The molecule has 0 spiro atoms. The van der Waals surface area contributed by atoms with E-state index in [1.54, 1.807) is 0 Å². The summed E-state index contributed by atoms with van der Waals surface area (Å²) in [6, 6.07) is 11.2. The summed E-state index contributed by atoms with van der Waals surface area (Å²) in [6.07, 6.45) is 0.719. The smallest absolute Gasteiger partial charge is 0.492 e. The summed E-state index contributed by atoms with van der Waals surface area (Å²) in [5.41, 5.74) is -0.457. The molecular weight excluding hydrogens is 441 g/mol. The van der Waals surface area contributed by atoms with Crippen molar-refractivity contribution in [3.05, 3.63) is 64.6 Å². The number of carbonyl (C=O) groups excluding carboxylic acids is 1. The third-order valence-electron chi connectivity index (χ3n) is 5.92. The summed E-state index contributed by atoms with van der Waals surface area (Å²) in [6.45, 7) is 7.46. The topological polar surface area (TPSA) is 135 Å². The molecule has 0 atom stereocenters. The van der Waals surface area contributed by atoms with Gasteiger partial charge in [0.15, 0.2) is 0 Å². The lowest BCUT2D eigenvalue weighted by molar-refractivity contribution is 0.00578. The average Bonchev–Trinajstić information content (AvgIpc) is 2.98. The molecule has 0 bridgehead atoms. The zero-order valence-electron chi connectivity index (χ0n) is 19.5. The molecule has 1 aliphatic heterocycles. The maximum absolute atomic E-state index is 12.3. The van der Waals surface area contributed by atoms with Crippen molar-refractivity contribution in [1.29, 1.82) is 0 Å². The number of benzene rings is 2. The Morgan fingerprint density at radius 3 is 2.12 bits per heavy atom. The molecule has 2 aromatic rings. The molecule has 180 valence electrons. The van der Waals surface area contributed by atoms with Gasteiger partial charge in [-0.05, 0) is 56.9 Å². The van der Waals surface area contributed by atoms with E-state index in [1.165, 1.54) is 6.08 Å². The van der Waals surface area contributed by atoms with Crippen LogP contribution in [0.5, 0.6) is 11.5 Å². The molecular formula is C24H28BNO8. The number of ether oxygens (including phenoxy) is 1. The largest absolute Gasteiger partial charge is 0.507 e. The van der Waals surface area contributed by atoms with E-state index in [0.29, 0.717) is 5.47 Å². The van der Waals surface area contributed by atoms with E-state index < -0.39 is 41.9 Å². The number of phenolic OH excluding ortho intramolecular Hbond substituents is 2. The number of aromatic carboxylic acids is 1. The van der Waals surface area contributed by atoms with Gasteiger partial charge >= 0.3 is 19.2 Å². The maximum Gasteiger partial charge on any atom is 0.492 e. The Morgan fingerprint density at radius 1 is 1.03 bits per heavy atom. The normalized spacial score (nSPS) is 16.8. The lowest BCUT2D eigenvalue weighted by Crippen LogP contribution is -2.41. The van der Waals surface area contributed by atoms with Crippen LogP contribution >= 0.6 is 0 Å². The van der Waals surface area contributed by atoms with Crippen LogP contribution in [0.2, 0.25) is 0 Å². The van der Waals surface area contributed by atoms with Crippen molar-refractivity contribution in [2.75, 3.05) is 6.54 Å². The quantitative estimate of drug-likeness (QED) is 0.451. The van der Waals surface area contributed by atoms with Crippen LogP contribution in [0.4, 0.5) is 4.79 Å². The van der Waals surface area contributed by atoms with Gasteiger partial charge in [0.2, 0.25) is 0 Å². The van der Waals surface area contributed by atoms with Gasteiger partial charge in [-0.15, -0.1) is 0 Å². The van der Waals surface area contributed by atoms with E-state index in [9.17, 15) is 19.8 Å². The van der Waals surface area contributed by atoms with E-state index >= 15 is 0 Å². The van der Waals surface area contributed by atoms with Gasteiger partial charge in [0, 0.05) is 6.54 Å². The number of carbonyl (C=O) groups is 2. The van der Waals surface area contributed by atoms with Crippen LogP contribution in [0.25, 0.3) is 6.08 Å². The molecule has 1 fully saturated rings. The minimum Gasteiger partial charge on any atom is -0.507 e. The number of nitrogens with one attached hydrogen (secondary N) is 1. The van der Waals surface area contributed by atoms with Gasteiger partial charge in [0.25, 0.3) is 0 Å². The minimum absolute atomic E-state index is 0.0332. The van der Waals surface area contributed by atoms with Crippen LogP contribution in [0.1, 0.15) is 49.2 Å². The van der Waals surface area contributed by atoms with Crippen molar-refractivity contribution in [1.82, 2.24) is 5.32 Å². The summed E-state index contributed by atoms with van der Waals surface area (Å²) >= 11 is 0. The number of hydrogen-bond donors (Lipinski definition) is 4. The number of hydrogen-bond acceptors (Lipinski definition) is 7. The van der Waals surface area contributed by atoms with Gasteiger partial charge in [-0.1, -0.05) is 30.3 Å². The monoisotopic (exact) mass is 469 g/mol. The van der Waals surface area contributed by atoms with E-state index in [2.05, 4.69) is 5.32 Å². The van der Waals surface area contributed by atoms with Crippen LogP contribution in [-0.4, -0.2) is 52.2 Å². The lowest BCUT2D eigenvalue weighted by atomic mass is 9.76. The highest BCUT2D eigenvalue weighted by atomic mass is 16.7. The van der Waals surface area contributed by atoms with E-state index in [-0.39, 0.29) is 24.3 Å². The molecule has 1 amide bonds. The van der Waals surface area contributed by atoms with Crippen molar-refractivity contribution in [3.8, 4) is 11.5 Å². The Morgan fingerprint density at radius 2 is 1.59 bits per heavy atom. The molecule has 0 unspecified atom stereocenters. The first kappa shape index (κ1) is 25.1. The molecule has 4 N–H and O–H groups in total. The highest BCUT2D eigenvalue weighted by Crippen LogP contribution is 2.40. The van der Waals surface area contributed by atoms with E-state index in [1.807, 2.05) is 58.0 Å². The SMILES string of the molecule is CC1(C)OB(C(=Cc2c(O)cc(C(=O)O)cc2O)CNC(=O)OCc2ccccc2)OC1(C)C. The third kappa shape index (κ3) is 5.70. The number of phenols is 2. The predicted molar refractivity (Wildman–Crippen MR) is 125 cm³/mol. The summed E-state index contributed by atoms with van der Waals surface area (Å²) in [5.74, 6) is -2.19. The molecule has 1 saturated heterocycles. The zero-order chi connectivity index (χ0) is 25.1.